The lowest BCUT2D eigenvalue weighted by atomic mass is 10.2. The molecular formula is C14H22BrNO2. The van der Waals surface area contributed by atoms with E-state index in [9.17, 15) is 5.11 Å². The number of hydrogen-bond donors (Lipinski definition) is 2. The predicted molar refractivity (Wildman–Crippen MR) is 79.1 cm³/mol. The normalized spacial score (nSPS) is 13.4. The number of anilines is 1. The molecular weight excluding hydrogens is 294 g/mol. The molecule has 1 aromatic carbocycles. The van der Waals surface area contributed by atoms with Gasteiger partial charge in [-0.2, -0.15) is 0 Å². The molecule has 18 heavy (non-hydrogen) atoms. The van der Waals surface area contributed by atoms with E-state index in [1.54, 1.807) is 0 Å². The molecule has 1 atom stereocenters. The van der Waals surface area contributed by atoms with Gasteiger partial charge in [-0.25, -0.2) is 0 Å². The van der Waals surface area contributed by atoms with Gasteiger partial charge in [0, 0.05) is 16.7 Å². The summed E-state index contributed by atoms with van der Waals surface area (Å²) in [6, 6.07) is 6.04. The van der Waals surface area contributed by atoms with Crippen molar-refractivity contribution < 1.29 is 9.84 Å². The molecule has 1 unspecified atom stereocenters. The number of aliphatic hydroxyl groups excluding tert-OH is 1. The van der Waals surface area contributed by atoms with Crippen molar-refractivity contribution in [2.24, 2.45) is 0 Å². The second-order valence-electron chi connectivity index (χ2n) is 5.42. The van der Waals surface area contributed by atoms with Gasteiger partial charge in [0.1, 0.15) is 0 Å². The summed E-state index contributed by atoms with van der Waals surface area (Å²) in [4.78, 5) is 0. The van der Waals surface area contributed by atoms with E-state index in [1.165, 1.54) is 0 Å². The van der Waals surface area contributed by atoms with Crippen LogP contribution in [-0.4, -0.2) is 30.0 Å². The first kappa shape index (κ1) is 15.5. The topological polar surface area (TPSA) is 41.5 Å². The fourth-order valence-electron chi connectivity index (χ4n) is 1.42. The van der Waals surface area contributed by atoms with Crippen molar-refractivity contribution in [3.05, 3.63) is 28.2 Å². The number of hydrogen-bond acceptors (Lipinski definition) is 3. The van der Waals surface area contributed by atoms with Crippen LogP contribution >= 0.6 is 15.9 Å². The van der Waals surface area contributed by atoms with Gasteiger partial charge in [0.2, 0.25) is 0 Å². The average Bonchev–Trinajstić information content (AvgIpc) is 2.26. The van der Waals surface area contributed by atoms with Gasteiger partial charge < -0.3 is 15.2 Å². The molecule has 0 spiro atoms. The molecule has 4 heteroatoms. The van der Waals surface area contributed by atoms with Crippen LogP contribution in [-0.2, 0) is 4.74 Å². The molecule has 0 amide bonds. The van der Waals surface area contributed by atoms with Crippen LogP contribution in [0, 0.1) is 6.92 Å². The van der Waals surface area contributed by atoms with Gasteiger partial charge in [-0.15, -0.1) is 0 Å². The zero-order valence-corrected chi connectivity index (χ0v) is 13.0. The standard InChI is InChI=1S/C14H22BrNO2/c1-10-5-6-11(15)7-13(10)16-8-12(17)9-18-14(2,3)4/h5-7,12,16-17H,8-9H2,1-4H3. The number of rotatable bonds is 5. The summed E-state index contributed by atoms with van der Waals surface area (Å²) in [6.07, 6.45) is -0.511. The Balaban J connectivity index is 2.42. The number of halogens is 1. The molecule has 0 aliphatic rings. The third-order valence-electron chi connectivity index (χ3n) is 2.44. The van der Waals surface area contributed by atoms with E-state index in [0.717, 1.165) is 15.7 Å². The summed E-state index contributed by atoms with van der Waals surface area (Å²) in [7, 11) is 0. The Morgan fingerprint density at radius 3 is 2.67 bits per heavy atom. The fourth-order valence-corrected chi connectivity index (χ4v) is 1.78. The third-order valence-corrected chi connectivity index (χ3v) is 2.93. The number of nitrogens with one attached hydrogen (secondary N) is 1. The van der Waals surface area contributed by atoms with E-state index in [-0.39, 0.29) is 5.60 Å². The Bertz CT molecular complexity index is 388. The first-order valence-corrected chi connectivity index (χ1v) is 6.89. The van der Waals surface area contributed by atoms with E-state index in [4.69, 9.17) is 4.74 Å². The molecule has 0 heterocycles. The highest BCUT2D eigenvalue weighted by atomic mass is 79.9. The molecule has 102 valence electrons. The molecule has 0 radical (unpaired) electrons. The molecule has 0 aromatic heterocycles. The third kappa shape index (κ3) is 5.85. The summed E-state index contributed by atoms with van der Waals surface area (Å²) >= 11 is 3.43. The predicted octanol–water partition coefficient (Wildman–Crippen LogP) is 3.35. The van der Waals surface area contributed by atoms with Crippen molar-refractivity contribution in [3.63, 3.8) is 0 Å². The van der Waals surface area contributed by atoms with Crippen LogP contribution in [0.15, 0.2) is 22.7 Å². The Labute approximate surface area is 118 Å². The van der Waals surface area contributed by atoms with E-state index in [0.29, 0.717) is 13.2 Å². The van der Waals surface area contributed by atoms with Gasteiger partial charge in [-0.1, -0.05) is 22.0 Å². The maximum absolute atomic E-state index is 9.83. The zero-order chi connectivity index (χ0) is 13.8. The minimum atomic E-state index is -0.511. The highest BCUT2D eigenvalue weighted by Gasteiger charge is 2.13. The smallest absolute Gasteiger partial charge is 0.0945 e. The van der Waals surface area contributed by atoms with Crippen LogP contribution in [0.25, 0.3) is 0 Å². The molecule has 3 nitrogen and oxygen atoms in total. The SMILES string of the molecule is Cc1ccc(Br)cc1NCC(O)COC(C)(C)C. The maximum Gasteiger partial charge on any atom is 0.0945 e. The van der Waals surface area contributed by atoms with E-state index in [1.807, 2.05) is 45.9 Å². The lowest BCUT2D eigenvalue weighted by molar-refractivity contribution is -0.0449. The quantitative estimate of drug-likeness (QED) is 0.875. The van der Waals surface area contributed by atoms with Gasteiger partial charge >= 0.3 is 0 Å². The first-order chi connectivity index (χ1) is 8.28. The second kappa shape index (κ2) is 6.55. The molecule has 2 N–H and O–H groups in total. The van der Waals surface area contributed by atoms with Crippen LogP contribution < -0.4 is 5.32 Å². The zero-order valence-electron chi connectivity index (χ0n) is 11.5. The molecule has 0 saturated carbocycles. The van der Waals surface area contributed by atoms with Gasteiger partial charge in [-0.05, 0) is 45.4 Å². The number of aryl methyl sites for hydroxylation is 1. The molecule has 0 saturated heterocycles. The Morgan fingerprint density at radius 2 is 2.06 bits per heavy atom. The van der Waals surface area contributed by atoms with Crippen molar-refractivity contribution >= 4 is 21.6 Å². The monoisotopic (exact) mass is 315 g/mol. The van der Waals surface area contributed by atoms with E-state index < -0.39 is 6.10 Å². The van der Waals surface area contributed by atoms with Crippen molar-refractivity contribution in [1.82, 2.24) is 0 Å². The van der Waals surface area contributed by atoms with E-state index in [2.05, 4.69) is 21.2 Å². The average molecular weight is 316 g/mol. The minimum Gasteiger partial charge on any atom is -0.389 e. The summed E-state index contributed by atoms with van der Waals surface area (Å²) < 4.78 is 6.56. The highest BCUT2D eigenvalue weighted by molar-refractivity contribution is 9.10. The van der Waals surface area contributed by atoms with Gasteiger partial charge in [-0.3, -0.25) is 0 Å². The summed E-state index contributed by atoms with van der Waals surface area (Å²) in [5, 5.41) is 13.1. The maximum atomic E-state index is 9.83. The van der Waals surface area contributed by atoms with Gasteiger partial charge in [0.25, 0.3) is 0 Å². The first-order valence-electron chi connectivity index (χ1n) is 6.10. The molecule has 0 bridgehead atoms. The van der Waals surface area contributed by atoms with Crippen LogP contribution in [0.3, 0.4) is 0 Å². The molecule has 1 rings (SSSR count). The number of benzene rings is 1. The molecule has 0 fully saturated rings. The number of ether oxygens (including phenoxy) is 1. The van der Waals surface area contributed by atoms with Crippen molar-refractivity contribution in [3.8, 4) is 0 Å². The highest BCUT2D eigenvalue weighted by Crippen LogP contribution is 2.20. The van der Waals surface area contributed by atoms with Crippen LogP contribution in [0.5, 0.6) is 0 Å². The van der Waals surface area contributed by atoms with Gasteiger partial charge in [0.05, 0.1) is 18.3 Å². The Morgan fingerprint density at radius 1 is 1.39 bits per heavy atom. The lowest BCUT2D eigenvalue weighted by Gasteiger charge is -2.22. The van der Waals surface area contributed by atoms with Crippen LogP contribution in [0.1, 0.15) is 26.3 Å². The minimum absolute atomic E-state index is 0.216. The fraction of sp³-hybridized carbons (Fsp3) is 0.571. The largest absolute Gasteiger partial charge is 0.389 e. The summed E-state index contributed by atoms with van der Waals surface area (Å²) in [6.45, 7) is 8.78. The summed E-state index contributed by atoms with van der Waals surface area (Å²) in [5.41, 5.74) is 1.97. The van der Waals surface area contributed by atoms with Crippen molar-refractivity contribution in [2.45, 2.75) is 39.4 Å². The van der Waals surface area contributed by atoms with Crippen LogP contribution in [0.2, 0.25) is 0 Å². The molecule has 0 aliphatic heterocycles. The molecule has 1 aromatic rings. The molecule has 0 aliphatic carbocycles. The van der Waals surface area contributed by atoms with Crippen molar-refractivity contribution in [1.29, 1.82) is 0 Å². The Hall–Kier alpha value is -0.580. The van der Waals surface area contributed by atoms with Crippen LogP contribution in [0.4, 0.5) is 5.69 Å². The lowest BCUT2D eigenvalue weighted by Crippen LogP contribution is -2.30. The second-order valence-corrected chi connectivity index (χ2v) is 6.33. The van der Waals surface area contributed by atoms with Crippen molar-refractivity contribution in [2.75, 3.05) is 18.5 Å². The Kier molecular flexibility index (Phi) is 5.63. The summed E-state index contributed by atoms with van der Waals surface area (Å²) in [5.74, 6) is 0. The van der Waals surface area contributed by atoms with Gasteiger partial charge in [0.15, 0.2) is 0 Å². The van der Waals surface area contributed by atoms with E-state index >= 15 is 0 Å². The number of aliphatic hydroxyl groups is 1.